The summed E-state index contributed by atoms with van der Waals surface area (Å²) >= 11 is 0. The first-order chi connectivity index (χ1) is 12.1. The lowest BCUT2D eigenvalue weighted by Gasteiger charge is -2.23. The number of hydrogen-bond donors (Lipinski definition) is 2. The Hall–Kier alpha value is -1.32. The average Bonchev–Trinajstić information content (AvgIpc) is 3.20. The predicted molar refractivity (Wildman–Crippen MR) is 100 cm³/mol. The van der Waals surface area contributed by atoms with Crippen LogP contribution in [0.1, 0.15) is 77.6 Å². The zero-order valence-electron chi connectivity index (χ0n) is 15.7. The highest BCUT2D eigenvalue weighted by Crippen LogP contribution is 2.48. The fourth-order valence-corrected chi connectivity index (χ4v) is 4.46. The van der Waals surface area contributed by atoms with Crippen LogP contribution in [0.25, 0.3) is 0 Å². The number of fused-ring (bicyclic) bond motifs is 2. The van der Waals surface area contributed by atoms with Gasteiger partial charge in [-0.05, 0) is 24.7 Å². The number of allylic oxidation sites excluding steroid dienone is 2. The Bertz CT molecular complexity index is 460. The van der Waals surface area contributed by atoms with Crippen LogP contribution in [0.5, 0.6) is 0 Å². The van der Waals surface area contributed by atoms with E-state index in [4.69, 9.17) is 0 Å². The minimum Gasteiger partial charge on any atom is -0.481 e. The molecule has 25 heavy (non-hydrogen) atoms. The summed E-state index contributed by atoms with van der Waals surface area (Å²) in [7, 11) is 0. The molecule has 0 radical (unpaired) electrons. The minimum atomic E-state index is -0.823. The summed E-state index contributed by atoms with van der Waals surface area (Å²) in [6.07, 6.45) is 17.6. The molecule has 2 bridgehead atoms. The molecule has 2 aliphatic carbocycles. The van der Waals surface area contributed by atoms with Crippen molar-refractivity contribution in [1.82, 2.24) is 5.32 Å². The molecular weight excluding hydrogens is 314 g/mol. The first-order valence-electron chi connectivity index (χ1n) is 10.3. The molecule has 1 saturated carbocycles. The van der Waals surface area contributed by atoms with Gasteiger partial charge in [0.2, 0.25) is 5.91 Å². The smallest absolute Gasteiger partial charge is 0.307 e. The van der Waals surface area contributed by atoms with Gasteiger partial charge in [-0.3, -0.25) is 9.59 Å². The van der Waals surface area contributed by atoms with Crippen molar-refractivity contribution >= 4 is 11.9 Å². The van der Waals surface area contributed by atoms with E-state index in [2.05, 4.69) is 12.2 Å². The Morgan fingerprint density at radius 2 is 1.40 bits per heavy atom. The Balaban J connectivity index is 1.52. The maximum absolute atomic E-state index is 12.4. The maximum atomic E-state index is 12.4. The molecule has 0 heterocycles. The summed E-state index contributed by atoms with van der Waals surface area (Å²) in [6.45, 7) is 2.92. The number of carboxylic acids is 1. The Labute approximate surface area is 152 Å². The van der Waals surface area contributed by atoms with Crippen LogP contribution in [0.2, 0.25) is 0 Å². The first kappa shape index (κ1) is 20.0. The molecule has 1 fully saturated rings. The van der Waals surface area contributed by atoms with Gasteiger partial charge in [0, 0.05) is 6.54 Å². The molecule has 2 N–H and O–H groups in total. The number of nitrogens with one attached hydrogen (secondary N) is 1. The zero-order chi connectivity index (χ0) is 18.1. The number of aliphatic carboxylic acids is 1. The minimum absolute atomic E-state index is 0.0515. The van der Waals surface area contributed by atoms with Gasteiger partial charge in [0.25, 0.3) is 0 Å². The third-order valence-corrected chi connectivity index (χ3v) is 5.88. The lowest BCUT2D eigenvalue weighted by Crippen LogP contribution is -2.40. The lowest BCUT2D eigenvalue weighted by atomic mass is 9.82. The summed E-state index contributed by atoms with van der Waals surface area (Å²) in [5.74, 6) is -1.59. The summed E-state index contributed by atoms with van der Waals surface area (Å²) in [5.41, 5.74) is 0. The van der Waals surface area contributed by atoms with Crippen molar-refractivity contribution in [3.05, 3.63) is 12.2 Å². The second-order valence-corrected chi connectivity index (χ2v) is 7.81. The first-order valence-corrected chi connectivity index (χ1v) is 10.3. The molecule has 0 saturated heterocycles. The van der Waals surface area contributed by atoms with Crippen molar-refractivity contribution in [1.29, 1.82) is 0 Å². The lowest BCUT2D eigenvalue weighted by molar-refractivity contribution is -0.147. The molecule has 2 aliphatic rings. The molecule has 0 aromatic rings. The van der Waals surface area contributed by atoms with Gasteiger partial charge in [0.15, 0.2) is 0 Å². The van der Waals surface area contributed by atoms with Crippen molar-refractivity contribution in [2.45, 2.75) is 77.6 Å². The Morgan fingerprint density at radius 3 is 1.96 bits per heavy atom. The zero-order valence-corrected chi connectivity index (χ0v) is 15.7. The fourth-order valence-electron chi connectivity index (χ4n) is 4.46. The van der Waals surface area contributed by atoms with Crippen LogP contribution >= 0.6 is 0 Å². The van der Waals surface area contributed by atoms with Gasteiger partial charge in [-0.2, -0.15) is 0 Å². The molecule has 2 rings (SSSR count). The van der Waals surface area contributed by atoms with Gasteiger partial charge in [0.05, 0.1) is 11.8 Å². The van der Waals surface area contributed by atoms with Gasteiger partial charge < -0.3 is 10.4 Å². The van der Waals surface area contributed by atoms with Crippen molar-refractivity contribution in [2.75, 3.05) is 6.54 Å². The van der Waals surface area contributed by atoms with E-state index in [9.17, 15) is 14.7 Å². The van der Waals surface area contributed by atoms with E-state index < -0.39 is 11.9 Å². The maximum Gasteiger partial charge on any atom is 0.307 e. The molecule has 0 aliphatic heterocycles. The normalized spacial score (nSPS) is 26.9. The van der Waals surface area contributed by atoms with E-state index in [1.807, 2.05) is 12.2 Å². The van der Waals surface area contributed by atoms with E-state index in [-0.39, 0.29) is 23.7 Å². The molecule has 0 unspecified atom stereocenters. The third-order valence-electron chi connectivity index (χ3n) is 5.88. The number of carboxylic acid groups (broad SMARTS) is 1. The second kappa shape index (κ2) is 10.6. The highest BCUT2D eigenvalue weighted by Gasteiger charge is 2.51. The largest absolute Gasteiger partial charge is 0.481 e. The topological polar surface area (TPSA) is 66.4 Å². The number of carbonyl (C=O) groups excluding carboxylic acids is 1. The highest BCUT2D eigenvalue weighted by molar-refractivity contribution is 5.86. The quantitative estimate of drug-likeness (QED) is 0.379. The second-order valence-electron chi connectivity index (χ2n) is 7.81. The van der Waals surface area contributed by atoms with Crippen LogP contribution in [0.15, 0.2) is 12.2 Å². The van der Waals surface area contributed by atoms with E-state index in [0.29, 0.717) is 6.54 Å². The van der Waals surface area contributed by atoms with Crippen LogP contribution in [0.4, 0.5) is 0 Å². The van der Waals surface area contributed by atoms with E-state index in [0.717, 1.165) is 19.3 Å². The van der Waals surface area contributed by atoms with Crippen LogP contribution in [-0.4, -0.2) is 23.5 Å². The van der Waals surface area contributed by atoms with Gasteiger partial charge >= 0.3 is 5.97 Å². The van der Waals surface area contributed by atoms with Gasteiger partial charge in [-0.15, -0.1) is 0 Å². The standard InChI is InChI=1S/C21H35NO3/c1-2-3-4-5-6-7-8-9-10-11-14-22-20(23)18-16-12-13-17(15-16)19(18)21(24)25/h12-13,16-19H,2-11,14-15H2,1H3,(H,22,23)(H,24,25)/t16-,17-,18+,19-/m0/s1. The van der Waals surface area contributed by atoms with Gasteiger partial charge in [0.1, 0.15) is 0 Å². The molecule has 4 atom stereocenters. The van der Waals surface area contributed by atoms with E-state index >= 15 is 0 Å². The predicted octanol–water partition coefficient (Wildman–Crippen LogP) is 4.55. The summed E-state index contributed by atoms with van der Waals surface area (Å²) in [4.78, 5) is 23.9. The fraction of sp³-hybridized carbons (Fsp3) is 0.810. The summed E-state index contributed by atoms with van der Waals surface area (Å²) in [5, 5.41) is 12.4. The summed E-state index contributed by atoms with van der Waals surface area (Å²) in [6, 6.07) is 0. The van der Waals surface area contributed by atoms with Gasteiger partial charge in [-0.25, -0.2) is 0 Å². The van der Waals surface area contributed by atoms with Crippen LogP contribution in [0, 0.1) is 23.7 Å². The third kappa shape index (κ3) is 5.86. The van der Waals surface area contributed by atoms with E-state index in [1.54, 1.807) is 0 Å². The number of amides is 1. The molecule has 0 aromatic heterocycles. The van der Waals surface area contributed by atoms with Crippen molar-refractivity contribution < 1.29 is 14.7 Å². The molecule has 0 aromatic carbocycles. The molecule has 142 valence electrons. The van der Waals surface area contributed by atoms with Crippen LogP contribution in [0.3, 0.4) is 0 Å². The van der Waals surface area contributed by atoms with Crippen LogP contribution in [-0.2, 0) is 9.59 Å². The van der Waals surface area contributed by atoms with Crippen molar-refractivity contribution in [2.24, 2.45) is 23.7 Å². The summed E-state index contributed by atoms with van der Waals surface area (Å²) < 4.78 is 0. The number of rotatable bonds is 13. The SMILES string of the molecule is CCCCCCCCCCCCNC(=O)[C@H]1[C@@H](C(=O)O)[C@H]2C=C[C@H]1C2. The Kier molecular flexibility index (Phi) is 8.50. The van der Waals surface area contributed by atoms with Crippen molar-refractivity contribution in [3.8, 4) is 0 Å². The molecule has 1 amide bonds. The number of carbonyl (C=O) groups is 2. The number of hydrogen-bond acceptors (Lipinski definition) is 2. The van der Waals surface area contributed by atoms with Gasteiger partial charge in [-0.1, -0.05) is 76.9 Å². The van der Waals surface area contributed by atoms with Crippen molar-refractivity contribution in [3.63, 3.8) is 0 Å². The molecule has 4 heteroatoms. The monoisotopic (exact) mass is 349 g/mol. The average molecular weight is 350 g/mol. The van der Waals surface area contributed by atoms with Crippen LogP contribution < -0.4 is 5.32 Å². The molecular formula is C21H35NO3. The number of unbranched alkanes of at least 4 members (excludes halogenated alkanes) is 9. The highest BCUT2D eigenvalue weighted by atomic mass is 16.4. The van der Waals surface area contributed by atoms with E-state index in [1.165, 1.54) is 51.4 Å². The Morgan fingerprint density at radius 1 is 0.880 bits per heavy atom. The molecule has 0 spiro atoms. The molecule has 4 nitrogen and oxygen atoms in total.